The molecule has 2 aliphatic heterocycles. The lowest BCUT2D eigenvalue weighted by Gasteiger charge is -2.28. The molecule has 0 amide bonds. The van der Waals surface area contributed by atoms with Crippen molar-refractivity contribution in [2.45, 2.75) is 25.7 Å². The van der Waals surface area contributed by atoms with Crippen LogP contribution in [0.3, 0.4) is 0 Å². The molecule has 6 heteroatoms. The molecule has 1 aromatic heterocycles. The maximum absolute atomic E-state index is 4.69. The highest BCUT2D eigenvalue weighted by Gasteiger charge is 2.22. The van der Waals surface area contributed by atoms with Crippen molar-refractivity contribution < 1.29 is 0 Å². The van der Waals surface area contributed by atoms with Gasteiger partial charge in [-0.25, -0.2) is 0 Å². The summed E-state index contributed by atoms with van der Waals surface area (Å²) in [7, 11) is 0. The summed E-state index contributed by atoms with van der Waals surface area (Å²) >= 11 is 0. The highest BCUT2D eigenvalue weighted by Crippen LogP contribution is 2.32. The molecule has 0 bridgehead atoms. The molecule has 3 aromatic rings. The molecule has 1 fully saturated rings. The number of piperidine rings is 1. The zero-order valence-corrected chi connectivity index (χ0v) is 15.9. The van der Waals surface area contributed by atoms with Gasteiger partial charge in [-0.3, -0.25) is 0 Å². The first-order valence-corrected chi connectivity index (χ1v) is 10.0. The number of hydrogen-bond donors (Lipinski definition) is 1. The Hall–Kier alpha value is -3.15. The van der Waals surface area contributed by atoms with Gasteiger partial charge in [0.1, 0.15) is 0 Å². The molecule has 2 aromatic carbocycles. The molecule has 0 aliphatic carbocycles. The van der Waals surface area contributed by atoms with Crippen molar-refractivity contribution in [3.63, 3.8) is 0 Å². The van der Waals surface area contributed by atoms with E-state index in [4.69, 9.17) is 4.98 Å². The van der Waals surface area contributed by atoms with E-state index in [9.17, 15) is 0 Å². The second kappa shape index (κ2) is 7.46. The van der Waals surface area contributed by atoms with E-state index in [1.54, 1.807) is 6.20 Å². The molecule has 0 unspecified atom stereocenters. The molecule has 142 valence electrons. The molecule has 2 aliphatic rings. The third kappa shape index (κ3) is 3.38. The molecule has 5 rings (SSSR count). The summed E-state index contributed by atoms with van der Waals surface area (Å²) in [6, 6.07) is 17.0. The molecule has 3 heterocycles. The van der Waals surface area contributed by atoms with Crippen LogP contribution in [0.4, 0.5) is 28.8 Å². The van der Waals surface area contributed by atoms with Gasteiger partial charge in [0.25, 0.3) is 5.95 Å². The van der Waals surface area contributed by atoms with Crippen molar-refractivity contribution >= 4 is 28.8 Å². The summed E-state index contributed by atoms with van der Waals surface area (Å²) in [6.45, 7) is 3.20. The number of anilines is 5. The van der Waals surface area contributed by atoms with Crippen molar-refractivity contribution in [1.29, 1.82) is 0 Å². The van der Waals surface area contributed by atoms with Crippen molar-refractivity contribution in [2.24, 2.45) is 0 Å². The van der Waals surface area contributed by atoms with Crippen LogP contribution in [0.1, 0.15) is 24.8 Å². The zero-order chi connectivity index (χ0) is 18.8. The third-order valence-electron chi connectivity index (χ3n) is 5.54. The van der Waals surface area contributed by atoms with E-state index < -0.39 is 0 Å². The van der Waals surface area contributed by atoms with Crippen molar-refractivity contribution in [3.05, 3.63) is 60.3 Å². The van der Waals surface area contributed by atoms with Crippen molar-refractivity contribution in [2.75, 3.05) is 34.8 Å². The summed E-state index contributed by atoms with van der Waals surface area (Å²) in [5.74, 6) is 1.35. The highest BCUT2D eigenvalue weighted by molar-refractivity contribution is 5.67. The van der Waals surface area contributed by atoms with Gasteiger partial charge in [-0.15, -0.1) is 5.10 Å². The predicted octanol–water partition coefficient (Wildman–Crippen LogP) is 4.30. The lowest BCUT2D eigenvalue weighted by Crippen LogP contribution is -2.29. The fourth-order valence-electron chi connectivity index (χ4n) is 4.07. The molecule has 1 N–H and O–H groups in total. The number of aromatic nitrogens is 3. The standard InChI is InChI=1S/C22H24N6/c1-4-13-27(14-5-1)19-10-8-18(9-11-19)24-21-16-23-26-22(25-21)28-15-12-17-6-2-3-7-20(17)28/h2-3,6-11,16H,1,4-5,12-15H2,(H,24,25,26). The van der Waals surface area contributed by atoms with E-state index in [1.807, 2.05) is 0 Å². The van der Waals surface area contributed by atoms with Gasteiger partial charge < -0.3 is 15.1 Å². The number of rotatable bonds is 4. The minimum atomic E-state index is 0.639. The molecule has 28 heavy (non-hydrogen) atoms. The molecular weight excluding hydrogens is 348 g/mol. The second-order valence-electron chi connectivity index (χ2n) is 7.39. The van der Waals surface area contributed by atoms with E-state index in [0.717, 1.165) is 31.7 Å². The molecule has 6 nitrogen and oxygen atoms in total. The number of fused-ring (bicyclic) bond motifs is 1. The molecule has 1 saturated heterocycles. The normalized spacial score (nSPS) is 16.1. The van der Waals surface area contributed by atoms with E-state index in [1.165, 1.54) is 36.2 Å². The first-order valence-electron chi connectivity index (χ1n) is 10.0. The van der Waals surface area contributed by atoms with Crippen LogP contribution in [0, 0.1) is 0 Å². The maximum Gasteiger partial charge on any atom is 0.251 e. The number of nitrogens with zero attached hydrogens (tertiary/aromatic N) is 5. The minimum absolute atomic E-state index is 0.639. The molecule has 0 spiro atoms. The predicted molar refractivity (Wildman–Crippen MR) is 113 cm³/mol. The van der Waals surface area contributed by atoms with Gasteiger partial charge in [0.2, 0.25) is 0 Å². The smallest absolute Gasteiger partial charge is 0.251 e. The van der Waals surface area contributed by atoms with Crippen LogP contribution in [-0.4, -0.2) is 34.8 Å². The Balaban J connectivity index is 1.32. The average molecular weight is 372 g/mol. The van der Waals surface area contributed by atoms with Gasteiger partial charge in [-0.1, -0.05) is 18.2 Å². The molecule has 0 saturated carbocycles. The van der Waals surface area contributed by atoms with Crippen LogP contribution >= 0.6 is 0 Å². The largest absolute Gasteiger partial charge is 0.372 e. The van der Waals surface area contributed by atoms with Crippen LogP contribution in [0.25, 0.3) is 0 Å². The van der Waals surface area contributed by atoms with Gasteiger partial charge in [-0.2, -0.15) is 10.1 Å². The number of benzene rings is 2. The monoisotopic (exact) mass is 372 g/mol. The quantitative estimate of drug-likeness (QED) is 0.737. The van der Waals surface area contributed by atoms with Gasteiger partial charge in [0, 0.05) is 36.7 Å². The zero-order valence-electron chi connectivity index (χ0n) is 15.9. The number of nitrogens with one attached hydrogen (secondary N) is 1. The SMILES string of the molecule is c1ccc2c(c1)CCN2c1nncc(Nc2ccc(N3CCCCC3)cc2)n1. The van der Waals surface area contributed by atoms with Crippen molar-refractivity contribution in [3.8, 4) is 0 Å². The molecule has 0 atom stereocenters. The van der Waals surface area contributed by atoms with Gasteiger partial charge in [-0.05, 0) is 61.6 Å². The Morgan fingerprint density at radius 3 is 2.54 bits per heavy atom. The van der Waals surface area contributed by atoms with Gasteiger partial charge in [0.05, 0.1) is 6.20 Å². The Morgan fingerprint density at radius 1 is 0.857 bits per heavy atom. The summed E-state index contributed by atoms with van der Waals surface area (Å²) < 4.78 is 0. The first-order chi connectivity index (χ1) is 13.9. The fraction of sp³-hybridized carbons (Fsp3) is 0.318. The highest BCUT2D eigenvalue weighted by atomic mass is 15.3. The lowest BCUT2D eigenvalue weighted by molar-refractivity contribution is 0.578. The second-order valence-corrected chi connectivity index (χ2v) is 7.39. The first kappa shape index (κ1) is 17.0. The lowest BCUT2D eigenvalue weighted by atomic mass is 10.1. The fourth-order valence-corrected chi connectivity index (χ4v) is 4.07. The summed E-state index contributed by atoms with van der Waals surface area (Å²) in [5, 5.41) is 11.8. The van der Waals surface area contributed by atoms with Crippen LogP contribution in [0.5, 0.6) is 0 Å². The summed E-state index contributed by atoms with van der Waals surface area (Å²) in [5.41, 5.74) is 4.81. The Labute approximate surface area is 165 Å². The van der Waals surface area contributed by atoms with E-state index in [0.29, 0.717) is 11.8 Å². The Kier molecular flexibility index (Phi) is 4.53. The number of para-hydroxylation sites is 1. The van der Waals surface area contributed by atoms with Gasteiger partial charge >= 0.3 is 0 Å². The van der Waals surface area contributed by atoms with Crippen LogP contribution in [0.15, 0.2) is 54.7 Å². The van der Waals surface area contributed by atoms with Crippen LogP contribution in [0.2, 0.25) is 0 Å². The maximum atomic E-state index is 4.69. The molecular formula is C22H24N6. The molecule has 0 radical (unpaired) electrons. The average Bonchev–Trinajstić information content (AvgIpc) is 3.19. The summed E-state index contributed by atoms with van der Waals surface area (Å²) in [6.07, 6.45) is 6.60. The topological polar surface area (TPSA) is 57.2 Å². The number of hydrogen-bond acceptors (Lipinski definition) is 6. The van der Waals surface area contributed by atoms with Gasteiger partial charge in [0.15, 0.2) is 5.82 Å². The Morgan fingerprint density at radius 2 is 1.68 bits per heavy atom. The van der Waals surface area contributed by atoms with Crippen LogP contribution in [-0.2, 0) is 6.42 Å². The van der Waals surface area contributed by atoms with E-state index in [-0.39, 0.29) is 0 Å². The van der Waals surface area contributed by atoms with E-state index >= 15 is 0 Å². The van der Waals surface area contributed by atoms with Crippen LogP contribution < -0.4 is 15.1 Å². The third-order valence-corrected chi connectivity index (χ3v) is 5.54. The van der Waals surface area contributed by atoms with Crippen molar-refractivity contribution in [1.82, 2.24) is 15.2 Å². The Bertz CT molecular complexity index is 949. The summed E-state index contributed by atoms with van der Waals surface area (Å²) in [4.78, 5) is 9.28. The minimum Gasteiger partial charge on any atom is -0.372 e. The van der Waals surface area contributed by atoms with E-state index in [2.05, 4.69) is 73.8 Å².